The van der Waals surface area contributed by atoms with Gasteiger partial charge in [0.25, 0.3) is 0 Å². The van der Waals surface area contributed by atoms with Crippen LogP contribution in [0.1, 0.15) is 19.3 Å². The number of amides is 2. The highest BCUT2D eigenvalue weighted by Crippen LogP contribution is 2.42. The lowest BCUT2D eigenvalue weighted by molar-refractivity contribution is -0.141. The van der Waals surface area contributed by atoms with Crippen LogP contribution in [-0.4, -0.2) is 71.2 Å². The molecule has 1 aliphatic carbocycles. The molecule has 3 aliphatic rings. The van der Waals surface area contributed by atoms with Gasteiger partial charge >= 0.3 is 0 Å². The number of carbonyl (C=O) groups is 2. The first-order valence-corrected chi connectivity index (χ1v) is 9.33. The Bertz CT molecular complexity index is 642. The summed E-state index contributed by atoms with van der Waals surface area (Å²) in [7, 11) is 1.89. The van der Waals surface area contributed by atoms with E-state index in [4.69, 9.17) is 0 Å². The molecule has 1 saturated carbocycles. The molecule has 7 heteroatoms. The number of aromatic nitrogens is 2. The molecule has 2 atom stereocenters. The quantitative estimate of drug-likeness (QED) is 0.799. The minimum atomic E-state index is -0.426. The molecule has 2 amide bonds. The van der Waals surface area contributed by atoms with Crippen LogP contribution in [0.15, 0.2) is 18.5 Å². The average Bonchev–Trinajstić information content (AvgIpc) is 3.01. The number of likely N-dealkylation sites (tertiary alicyclic amines) is 1. The lowest BCUT2D eigenvalue weighted by Gasteiger charge is -2.31. The maximum absolute atomic E-state index is 13.2. The molecule has 7 nitrogen and oxygen atoms in total. The lowest BCUT2D eigenvalue weighted by Crippen LogP contribution is -2.48. The van der Waals surface area contributed by atoms with Crippen LogP contribution in [0.5, 0.6) is 0 Å². The molecule has 0 radical (unpaired) electrons. The molecular formula is C18H27N5O2. The van der Waals surface area contributed by atoms with E-state index in [0.717, 1.165) is 38.9 Å². The van der Waals surface area contributed by atoms with E-state index in [1.807, 2.05) is 33.8 Å². The van der Waals surface area contributed by atoms with Crippen LogP contribution >= 0.6 is 0 Å². The third kappa shape index (κ3) is 3.05. The van der Waals surface area contributed by atoms with E-state index in [-0.39, 0.29) is 23.7 Å². The molecule has 2 saturated heterocycles. The van der Waals surface area contributed by atoms with Gasteiger partial charge in [0.05, 0.1) is 5.41 Å². The van der Waals surface area contributed by atoms with Gasteiger partial charge < -0.3 is 15.1 Å². The zero-order valence-corrected chi connectivity index (χ0v) is 14.9. The van der Waals surface area contributed by atoms with Crippen molar-refractivity contribution in [2.45, 2.75) is 25.8 Å². The number of aryl methyl sites for hydroxylation is 1. The van der Waals surface area contributed by atoms with Crippen molar-refractivity contribution in [1.82, 2.24) is 24.9 Å². The van der Waals surface area contributed by atoms with Crippen molar-refractivity contribution >= 4 is 11.8 Å². The second kappa shape index (κ2) is 6.44. The van der Waals surface area contributed by atoms with Gasteiger partial charge in [0.1, 0.15) is 0 Å². The van der Waals surface area contributed by atoms with Gasteiger partial charge in [-0.05, 0) is 25.3 Å². The summed E-state index contributed by atoms with van der Waals surface area (Å²) >= 11 is 0. The fourth-order valence-electron chi connectivity index (χ4n) is 4.36. The summed E-state index contributed by atoms with van der Waals surface area (Å²) in [6.45, 7) is 4.36. The van der Waals surface area contributed by atoms with E-state index in [0.29, 0.717) is 19.6 Å². The van der Waals surface area contributed by atoms with Crippen LogP contribution in [0, 0.1) is 17.3 Å². The number of nitrogens with zero attached hydrogens (tertiary/aromatic N) is 4. The van der Waals surface area contributed by atoms with Crippen molar-refractivity contribution in [2.24, 2.45) is 17.3 Å². The Balaban J connectivity index is 1.37. The van der Waals surface area contributed by atoms with Crippen molar-refractivity contribution in [2.75, 3.05) is 39.8 Å². The summed E-state index contributed by atoms with van der Waals surface area (Å²) in [5.41, 5.74) is -0.426. The normalized spacial score (nSPS) is 28.2. The minimum absolute atomic E-state index is 0.189. The molecule has 2 aliphatic heterocycles. The number of carbonyl (C=O) groups excluding carboxylic acids is 2. The summed E-state index contributed by atoms with van der Waals surface area (Å²) in [5, 5.41) is 7.58. The van der Waals surface area contributed by atoms with Crippen molar-refractivity contribution in [3.8, 4) is 0 Å². The van der Waals surface area contributed by atoms with Crippen molar-refractivity contribution < 1.29 is 9.59 Å². The van der Waals surface area contributed by atoms with Crippen LogP contribution in [-0.2, 0) is 16.1 Å². The zero-order chi connectivity index (χ0) is 17.4. The molecule has 0 spiro atoms. The second-order valence-electron chi connectivity index (χ2n) is 7.83. The Morgan fingerprint density at radius 1 is 1.40 bits per heavy atom. The SMILES string of the molecule is CN(CCCn1cccn1)C(=O)[C@@]12CNC[C@@H]1CN(C(=O)C1CC1)C2. The predicted molar refractivity (Wildman–Crippen MR) is 92.6 cm³/mol. The first-order valence-electron chi connectivity index (χ1n) is 9.33. The molecule has 0 aromatic carbocycles. The molecule has 0 bridgehead atoms. The number of hydrogen-bond donors (Lipinski definition) is 1. The van der Waals surface area contributed by atoms with Gasteiger partial charge in [-0.2, -0.15) is 5.10 Å². The molecule has 136 valence electrons. The van der Waals surface area contributed by atoms with E-state index < -0.39 is 5.41 Å². The first kappa shape index (κ1) is 16.6. The average molecular weight is 345 g/mol. The highest BCUT2D eigenvalue weighted by Gasteiger charge is 2.57. The fraction of sp³-hybridized carbons (Fsp3) is 0.722. The molecule has 25 heavy (non-hydrogen) atoms. The minimum Gasteiger partial charge on any atom is -0.345 e. The number of fused-ring (bicyclic) bond motifs is 1. The largest absolute Gasteiger partial charge is 0.345 e. The Labute approximate surface area is 148 Å². The van der Waals surface area contributed by atoms with Crippen LogP contribution in [0.25, 0.3) is 0 Å². The highest BCUT2D eigenvalue weighted by atomic mass is 16.2. The smallest absolute Gasteiger partial charge is 0.232 e. The predicted octanol–water partition coefficient (Wildman–Crippen LogP) is 0.190. The molecule has 3 fully saturated rings. The maximum atomic E-state index is 13.2. The number of nitrogens with one attached hydrogen (secondary N) is 1. The standard InChI is InChI=1S/C18H27N5O2/c1-21(7-3-9-23-8-2-6-20-23)17(25)18-12-19-10-15(18)11-22(13-18)16(24)14-4-5-14/h2,6,8,14-15,19H,3-5,7,9-13H2,1H3/t15-,18-/m1/s1. The monoisotopic (exact) mass is 345 g/mol. The Morgan fingerprint density at radius 3 is 2.96 bits per heavy atom. The topological polar surface area (TPSA) is 70.5 Å². The van der Waals surface area contributed by atoms with Crippen molar-refractivity contribution in [3.63, 3.8) is 0 Å². The Hall–Kier alpha value is -1.89. The number of rotatable bonds is 6. The first-order chi connectivity index (χ1) is 12.1. The third-order valence-electron chi connectivity index (χ3n) is 5.98. The van der Waals surface area contributed by atoms with E-state index >= 15 is 0 Å². The van der Waals surface area contributed by atoms with E-state index in [9.17, 15) is 9.59 Å². The van der Waals surface area contributed by atoms with Crippen molar-refractivity contribution in [3.05, 3.63) is 18.5 Å². The van der Waals surface area contributed by atoms with Crippen LogP contribution in [0.2, 0.25) is 0 Å². The van der Waals surface area contributed by atoms with Gasteiger partial charge in [0.2, 0.25) is 11.8 Å². The molecule has 4 rings (SSSR count). The van der Waals surface area contributed by atoms with Crippen LogP contribution in [0.4, 0.5) is 0 Å². The van der Waals surface area contributed by atoms with Gasteiger partial charge in [-0.25, -0.2) is 0 Å². The molecule has 1 N–H and O–H groups in total. The molecule has 1 aromatic rings. The van der Waals surface area contributed by atoms with Gasteiger partial charge in [0.15, 0.2) is 0 Å². The fourth-order valence-corrected chi connectivity index (χ4v) is 4.36. The second-order valence-corrected chi connectivity index (χ2v) is 7.83. The van der Waals surface area contributed by atoms with Gasteiger partial charge in [0, 0.05) is 70.5 Å². The third-order valence-corrected chi connectivity index (χ3v) is 5.98. The zero-order valence-electron chi connectivity index (χ0n) is 14.9. The number of hydrogen-bond acceptors (Lipinski definition) is 4. The Kier molecular flexibility index (Phi) is 4.27. The summed E-state index contributed by atoms with van der Waals surface area (Å²) in [5.74, 6) is 0.930. The van der Waals surface area contributed by atoms with Crippen molar-refractivity contribution in [1.29, 1.82) is 0 Å². The molecule has 1 aromatic heterocycles. The van der Waals surface area contributed by atoms with Gasteiger partial charge in [-0.1, -0.05) is 0 Å². The van der Waals surface area contributed by atoms with Gasteiger partial charge in [-0.15, -0.1) is 0 Å². The van der Waals surface area contributed by atoms with E-state index in [2.05, 4.69) is 10.4 Å². The summed E-state index contributed by atoms with van der Waals surface area (Å²) in [6, 6.07) is 1.91. The summed E-state index contributed by atoms with van der Waals surface area (Å²) < 4.78 is 1.89. The molecule has 3 heterocycles. The highest BCUT2D eigenvalue weighted by molar-refractivity contribution is 5.87. The molecule has 0 unspecified atom stereocenters. The van der Waals surface area contributed by atoms with Crippen LogP contribution < -0.4 is 5.32 Å². The van der Waals surface area contributed by atoms with E-state index in [1.165, 1.54) is 0 Å². The summed E-state index contributed by atoms with van der Waals surface area (Å²) in [4.78, 5) is 29.5. The lowest BCUT2D eigenvalue weighted by atomic mass is 9.79. The van der Waals surface area contributed by atoms with E-state index in [1.54, 1.807) is 6.20 Å². The molecular weight excluding hydrogens is 318 g/mol. The van der Waals surface area contributed by atoms with Gasteiger partial charge in [-0.3, -0.25) is 14.3 Å². The maximum Gasteiger partial charge on any atom is 0.232 e. The Morgan fingerprint density at radius 2 is 2.24 bits per heavy atom. The summed E-state index contributed by atoms with van der Waals surface area (Å²) in [6.07, 6.45) is 6.63. The van der Waals surface area contributed by atoms with Crippen LogP contribution in [0.3, 0.4) is 0 Å².